The van der Waals surface area contributed by atoms with E-state index < -0.39 is 40.4 Å². The van der Waals surface area contributed by atoms with Crippen molar-refractivity contribution >= 4 is 40.8 Å². The SMILES string of the molecule is CCn1c(-c2cccnc2C(C)(C)OC)c2c3cc(ccc31)-c1cnc(o1)CC(C1CN1C(=O)[C@@H](COC1CN(C(=O)C#CC(C)(C)N(C)C)C1)C(C)C)C(=O)N1CCC[C@@H](C(=O)OCC(C)(C)C2)C2C=[N+]21. The van der Waals surface area contributed by atoms with E-state index in [0.717, 1.165) is 39.0 Å². The van der Waals surface area contributed by atoms with Crippen molar-refractivity contribution in [2.24, 2.45) is 29.1 Å². The molecule has 0 saturated carbocycles. The van der Waals surface area contributed by atoms with Crippen molar-refractivity contribution in [3.63, 3.8) is 0 Å². The topological polar surface area (TPSA) is 156 Å². The van der Waals surface area contributed by atoms with Gasteiger partial charge in [0.2, 0.25) is 12.1 Å². The van der Waals surface area contributed by atoms with Gasteiger partial charge in [-0.3, -0.25) is 29.1 Å². The molecule has 6 bridgehead atoms. The van der Waals surface area contributed by atoms with Crippen molar-refractivity contribution in [1.82, 2.24) is 34.2 Å². The Balaban J connectivity index is 1.01. The van der Waals surface area contributed by atoms with Crippen LogP contribution in [0.2, 0.25) is 0 Å². The lowest BCUT2D eigenvalue weighted by molar-refractivity contribution is -0.624. The second-order valence-electron chi connectivity index (χ2n) is 22.8. The minimum absolute atomic E-state index is 0.0391. The van der Waals surface area contributed by atoms with Gasteiger partial charge < -0.3 is 33.0 Å². The number of methoxy groups -OCH3 is 1. The number of rotatable bonds is 11. The monoisotopic (exact) mass is 986 g/mol. The second kappa shape index (κ2) is 19.5. The number of pyridine rings is 1. The number of hydrogen-bond donors (Lipinski definition) is 0. The number of ether oxygens (including phenoxy) is 3. The highest BCUT2D eigenvalue weighted by Crippen LogP contribution is 2.44. The third-order valence-electron chi connectivity index (χ3n) is 15.9. The third-order valence-corrected chi connectivity index (χ3v) is 15.9. The van der Waals surface area contributed by atoms with Gasteiger partial charge in [0.1, 0.15) is 11.5 Å². The summed E-state index contributed by atoms with van der Waals surface area (Å²) in [4.78, 5) is 71.6. The Hall–Kier alpha value is -5.89. The summed E-state index contributed by atoms with van der Waals surface area (Å²) in [6.07, 6.45) is 7.24. The summed E-state index contributed by atoms with van der Waals surface area (Å²) in [6, 6.07) is 9.73. The van der Waals surface area contributed by atoms with Crippen molar-refractivity contribution in [1.29, 1.82) is 0 Å². The number of cyclic esters (lactones) is 1. The molecule has 0 N–H and O–H groups in total. The molecular formula is C56H73N8O8+. The number of nitrogens with zero attached hydrogens (tertiary/aromatic N) is 8. The molecule has 1 aromatic carbocycles. The van der Waals surface area contributed by atoms with Crippen LogP contribution in [-0.2, 0) is 58.4 Å². The third kappa shape index (κ3) is 9.96. The van der Waals surface area contributed by atoms with Crippen LogP contribution in [0.25, 0.3) is 33.5 Å². The molecule has 3 amide bonds. The first-order chi connectivity index (χ1) is 34.1. The smallest absolute Gasteiger partial charge is 0.316 e. The summed E-state index contributed by atoms with van der Waals surface area (Å²) in [6.45, 7) is 21.2. The second-order valence-corrected chi connectivity index (χ2v) is 22.8. The molecule has 8 heterocycles. The highest BCUT2D eigenvalue weighted by molar-refractivity contribution is 5.96. The van der Waals surface area contributed by atoms with Crippen LogP contribution >= 0.6 is 0 Å². The maximum atomic E-state index is 15.0. The molecule has 3 aromatic heterocycles. The molecule has 0 aliphatic carbocycles. The quantitative estimate of drug-likeness (QED) is 0.0729. The maximum absolute atomic E-state index is 15.0. The molecule has 384 valence electrons. The Kier molecular flexibility index (Phi) is 13.8. The van der Waals surface area contributed by atoms with Crippen LogP contribution in [0, 0.1) is 40.9 Å². The van der Waals surface area contributed by atoms with Gasteiger partial charge in [-0.25, -0.2) is 4.98 Å². The first-order valence-electron chi connectivity index (χ1n) is 25.8. The highest BCUT2D eigenvalue weighted by Gasteiger charge is 2.58. The highest BCUT2D eigenvalue weighted by atomic mass is 16.5. The number of benzene rings is 1. The van der Waals surface area contributed by atoms with Crippen LogP contribution in [0.3, 0.4) is 0 Å². The lowest BCUT2D eigenvalue weighted by Gasteiger charge is -2.38. The molecule has 3 fully saturated rings. The van der Waals surface area contributed by atoms with E-state index in [2.05, 4.69) is 55.4 Å². The number of amides is 3. The van der Waals surface area contributed by atoms with Crippen molar-refractivity contribution in [2.75, 3.05) is 60.6 Å². The molecule has 3 saturated heterocycles. The predicted octanol–water partition coefficient (Wildman–Crippen LogP) is 6.22. The van der Waals surface area contributed by atoms with E-state index in [9.17, 15) is 14.4 Å². The van der Waals surface area contributed by atoms with Crippen molar-refractivity contribution in [2.45, 2.75) is 124 Å². The predicted molar refractivity (Wildman–Crippen MR) is 272 cm³/mol. The number of aryl methyl sites for hydroxylation is 1. The van der Waals surface area contributed by atoms with Crippen molar-refractivity contribution in [3.05, 3.63) is 59.9 Å². The molecule has 5 aliphatic heterocycles. The number of carbonyl (C=O) groups is 4. The maximum Gasteiger partial charge on any atom is 0.316 e. The number of likely N-dealkylation sites (tertiary alicyclic amines) is 1. The van der Waals surface area contributed by atoms with Gasteiger partial charge in [0.05, 0.1) is 66.9 Å². The van der Waals surface area contributed by atoms with Crippen molar-refractivity contribution < 1.29 is 42.5 Å². The average Bonchev–Trinajstić information content (AvgIpc) is 4.24. The van der Waals surface area contributed by atoms with Gasteiger partial charge in [0.25, 0.3) is 17.9 Å². The first-order valence-corrected chi connectivity index (χ1v) is 25.8. The number of aromatic nitrogens is 3. The molecule has 16 heteroatoms. The Morgan fingerprint density at radius 3 is 2.53 bits per heavy atom. The fourth-order valence-corrected chi connectivity index (χ4v) is 10.5. The fourth-order valence-electron chi connectivity index (χ4n) is 10.5. The number of oxazole rings is 1. The lowest BCUT2D eigenvalue weighted by Crippen LogP contribution is -2.55. The Morgan fingerprint density at radius 2 is 1.82 bits per heavy atom. The fraction of sp³-hybridized carbons (Fsp3) is 0.589. The summed E-state index contributed by atoms with van der Waals surface area (Å²) in [5.41, 5.74) is 4.22. The van der Waals surface area contributed by atoms with Gasteiger partial charge in [0.15, 0.2) is 11.7 Å². The standard InChI is InChI=1S/C56H73N8O8/c1-13-61-43-19-18-35-24-39(43)41(49(61)38-16-14-22-57-50(38)56(8,9)69-12)26-54(4,5)33-71-53(68)37-17-15-23-63(64-31-45(37)64)52(67)40(25-47-58-27-46(35)72-47)44-30-62(44)51(66)42(34(2)3)32-70-36-28-60(29-36)48(65)20-21-55(6,7)59(10)11/h14,16,18-19,22,24,27,31,34,36-37,40,42,44-45H,13,15,17,23,25-26,28-30,32-33H2,1-12H3/q+1/t37-,40?,42+,44?,45?,62?/m1/s1. The van der Waals surface area contributed by atoms with E-state index in [0.29, 0.717) is 63.6 Å². The minimum Gasteiger partial charge on any atom is -0.465 e. The molecule has 3 unspecified atom stereocenters. The lowest BCUT2D eigenvalue weighted by atomic mass is 9.83. The summed E-state index contributed by atoms with van der Waals surface area (Å²) >= 11 is 0. The average molecular weight is 986 g/mol. The molecule has 16 nitrogen and oxygen atoms in total. The minimum atomic E-state index is -0.683. The van der Waals surface area contributed by atoms with E-state index in [4.69, 9.17) is 28.6 Å². The zero-order valence-electron chi connectivity index (χ0n) is 44.3. The molecule has 4 aromatic rings. The Bertz CT molecular complexity index is 2860. The van der Waals surface area contributed by atoms with Crippen LogP contribution in [0.5, 0.6) is 0 Å². The molecule has 9 rings (SSSR count). The number of carbonyl (C=O) groups excluding carboxylic acids is 4. The molecule has 0 radical (unpaired) electrons. The van der Waals surface area contributed by atoms with E-state index in [-0.39, 0.29) is 61.4 Å². The Labute approximate surface area is 424 Å². The molecule has 72 heavy (non-hydrogen) atoms. The Morgan fingerprint density at radius 1 is 1.06 bits per heavy atom. The van der Waals surface area contributed by atoms with Crippen LogP contribution in [0.4, 0.5) is 0 Å². The largest absolute Gasteiger partial charge is 0.465 e. The molecule has 5 aliphatic rings. The van der Waals surface area contributed by atoms with Crippen LogP contribution in [0.15, 0.2) is 47.1 Å². The van der Waals surface area contributed by atoms with Crippen LogP contribution in [0.1, 0.15) is 92.3 Å². The molecule has 5 atom stereocenters. The van der Waals surface area contributed by atoms with Gasteiger partial charge in [-0.2, -0.15) is 0 Å². The van der Waals surface area contributed by atoms with Gasteiger partial charge >= 0.3 is 5.97 Å². The van der Waals surface area contributed by atoms with Gasteiger partial charge in [-0.1, -0.05) is 38.3 Å². The number of hydrazone groups is 1. The zero-order chi connectivity index (χ0) is 51.6. The normalized spacial score (nSPS) is 22.9. The van der Waals surface area contributed by atoms with E-state index in [1.165, 1.54) is 0 Å². The van der Waals surface area contributed by atoms with E-state index >= 15 is 4.79 Å². The zero-order valence-corrected chi connectivity index (χ0v) is 44.3. The summed E-state index contributed by atoms with van der Waals surface area (Å²) in [7, 11) is 5.56. The number of hydrogen-bond acceptors (Lipinski definition) is 11. The molecule has 0 spiro atoms. The van der Waals surface area contributed by atoms with Crippen LogP contribution in [-0.4, -0.2) is 153 Å². The first kappa shape index (κ1) is 51.0. The number of fused-ring (bicyclic) bond motifs is 4. The number of hydrazine groups is 1. The summed E-state index contributed by atoms with van der Waals surface area (Å²) in [5.74, 6) is 4.52. The van der Waals surface area contributed by atoms with Crippen LogP contribution < -0.4 is 0 Å². The molecular weight excluding hydrogens is 913 g/mol. The van der Waals surface area contributed by atoms with E-state index in [1.807, 2.05) is 83.6 Å². The number of esters is 1. The summed E-state index contributed by atoms with van der Waals surface area (Å²) in [5, 5.41) is 2.80. The summed E-state index contributed by atoms with van der Waals surface area (Å²) < 4.78 is 29.4. The van der Waals surface area contributed by atoms with Crippen molar-refractivity contribution in [3.8, 4) is 34.4 Å². The van der Waals surface area contributed by atoms with Gasteiger partial charge in [0, 0.05) is 73.4 Å². The van der Waals surface area contributed by atoms with Gasteiger partial charge in [-0.05, 0) is 116 Å². The van der Waals surface area contributed by atoms with Gasteiger partial charge in [-0.15, -0.1) is 5.01 Å². The van der Waals surface area contributed by atoms with E-state index in [1.54, 1.807) is 34.3 Å².